The van der Waals surface area contributed by atoms with Crippen molar-refractivity contribution in [2.24, 2.45) is 7.05 Å². The van der Waals surface area contributed by atoms with E-state index < -0.39 is 0 Å². The summed E-state index contributed by atoms with van der Waals surface area (Å²) in [5.74, 6) is 0.912. The van der Waals surface area contributed by atoms with Crippen LogP contribution >= 0.6 is 11.6 Å². The molecular weight excluding hydrogens is 382 g/mol. The van der Waals surface area contributed by atoms with E-state index in [4.69, 9.17) is 16.6 Å². The molecular formula is C23H28ClN5. The lowest BCUT2D eigenvalue weighted by Gasteiger charge is -2.40. The summed E-state index contributed by atoms with van der Waals surface area (Å²) in [6.07, 6.45) is 0. The molecule has 0 radical (unpaired) electrons. The van der Waals surface area contributed by atoms with Crippen LogP contribution in [0, 0.1) is 0 Å². The second kappa shape index (κ2) is 8.99. The number of aromatic nitrogens is 2. The van der Waals surface area contributed by atoms with E-state index in [1.165, 1.54) is 5.69 Å². The smallest absolute Gasteiger partial charge is 0.152 e. The van der Waals surface area contributed by atoms with E-state index in [1.54, 1.807) is 0 Å². The number of rotatable bonds is 6. The minimum absolute atomic E-state index is 0.181. The molecule has 1 aliphatic heterocycles. The molecule has 1 atom stereocenters. The first-order chi connectivity index (χ1) is 14.2. The number of halogens is 1. The summed E-state index contributed by atoms with van der Waals surface area (Å²) < 4.78 is 2.16. The number of para-hydroxylation sites is 1. The zero-order valence-electron chi connectivity index (χ0n) is 17.1. The quantitative estimate of drug-likeness (QED) is 0.671. The molecule has 1 unspecified atom stereocenters. The Balaban J connectivity index is 1.57. The molecule has 2 aromatic carbocycles. The van der Waals surface area contributed by atoms with E-state index in [0.717, 1.165) is 49.8 Å². The summed E-state index contributed by atoms with van der Waals surface area (Å²) in [5.41, 5.74) is 3.45. The number of hydrogen-bond acceptors (Lipinski definition) is 4. The molecule has 1 N–H and O–H groups in total. The summed E-state index contributed by atoms with van der Waals surface area (Å²) >= 11 is 6.68. The summed E-state index contributed by atoms with van der Waals surface area (Å²) in [7, 11) is 4.06. The van der Waals surface area contributed by atoms with Gasteiger partial charge in [-0.15, -0.1) is 0 Å². The number of anilines is 1. The Morgan fingerprint density at radius 3 is 2.21 bits per heavy atom. The largest absolute Gasteiger partial charge is 0.369 e. The molecule has 2 heterocycles. The summed E-state index contributed by atoms with van der Waals surface area (Å²) in [5, 5.41) is 3.95. The van der Waals surface area contributed by atoms with Gasteiger partial charge in [0.15, 0.2) is 5.15 Å². The fourth-order valence-electron chi connectivity index (χ4n) is 4.21. The number of hydrogen-bond donors (Lipinski definition) is 1. The van der Waals surface area contributed by atoms with Crippen LogP contribution in [-0.2, 0) is 7.05 Å². The number of benzene rings is 2. The third-order valence-corrected chi connectivity index (χ3v) is 5.99. The van der Waals surface area contributed by atoms with Crippen molar-refractivity contribution in [3.05, 3.63) is 71.5 Å². The standard InChI is InChI=1S/C23H28ClN5/c1-25-17-20(29-15-13-28(14-16-29)19-11-7-4-8-12-19)21-22(24)26-23(27(21)2)18-9-5-3-6-10-18/h3-12,20,25H,13-17H2,1-2H3. The van der Waals surface area contributed by atoms with Crippen molar-refractivity contribution in [3.63, 3.8) is 0 Å². The molecule has 0 saturated carbocycles. The van der Waals surface area contributed by atoms with Gasteiger partial charge in [-0.3, -0.25) is 4.90 Å². The van der Waals surface area contributed by atoms with E-state index in [9.17, 15) is 0 Å². The summed E-state index contributed by atoms with van der Waals surface area (Å²) in [6, 6.07) is 21.1. The van der Waals surface area contributed by atoms with Gasteiger partial charge in [-0.1, -0.05) is 60.1 Å². The highest BCUT2D eigenvalue weighted by Gasteiger charge is 2.30. The molecule has 1 aliphatic rings. The Hall–Kier alpha value is -2.34. The fourth-order valence-corrected chi connectivity index (χ4v) is 4.54. The molecule has 0 amide bonds. The van der Waals surface area contributed by atoms with Gasteiger partial charge in [-0.25, -0.2) is 4.98 Å². The molecule has 6 heteroatoms. The summed E-state index contributed by atoms with van der Waals surface area (Å²) in [4.78, 5) is 9.68. The highest BCUT2D eigenvalue weighted by molar-refractivity contribution is 6.30. The van der Waals surface area contributed by atoms with Crippen LogP contribution < -0.4 is 10.2 Å². The normalized spacial score (nSPS) is 16.2. The average molecular weight is 410 g/mol. The van der Waals surface area contributed by atoms with Crippen molar-refractivity contribution in [2.45, 2.75) is 6.04 Å². The van der Waals surface area contributed by atoms with Crippen LogP contribution in [0.1, 0.15) is 11.7 Å². The molecule has 0 bridgehead atoms. The molecule has 29 heavy (non-hydrogen) atoms. The van der Waals surface area contributed by atoms with E-state index in [0.29, 0.717) is 5.15 Å². The lowest BCUT2D eigenvalue weighted by Crippen LogP contribution is -2.49. The van der Waals surface area contributed by atoms with Crippen LogP contribution in [0.3, 0.4) is 0 Å². The lowest BCUT2D eigenvalue weighted by atomic mass is 10.1. The molecule has 0 aliphatic carbocycles. The van der Waals surface area contributed by atoms with Crippen molar-refractivity contribution in [3.8, 4) is 11.4 Å². The molecule has 1 saturated heterocycles. The molecule has 1 aromatic heterocycles. The maximum Gasteiger partial charge on any atom is 0.152 e. The predicted octanol–water partition coefficient (Wildman–Crippen LogP) is 3.82. The Morgan fingerprint density at radius 1 is 0.966 bits per heavy atom. The SMILES string of the molecule is CNCC(c1c(Cl)nc(-c2ccccc2)n1C)N1CCN(c2ccccc2)CC1. The van der Waals surface area contributed by atoms with Crippen molar-refractivity contribution >= 4 is 17.3 Å². The Bertz CT molecular complexity index is 917. The minimum Gasteiger partial charge on any atom is -0.369 e. The van der Waals surface area contributed by atoms with Gasteiger partial charge in [0, 0.05) is 51.0 Å². The van der Waals surface area contributed by atoms with Crippen LogP contribution in [-0.4, -0.2) is 54.2 Å². The number of piperazine rings is 1. The monoisotopic (exact) mass is 409 g/mol. The second-order valence-corrected chi connectivity index (χ2v) is 7.83. The van der Waals surface area contributed by atoms with Gasteiger partial charge in [-0.2, -0.15) is 0 Å². The summed E-state index contributed by atoms with van der Waals surface area (Å²) in [6.45, 7) is 4.82. The highest BCUT2D eigenvalue weighted by Crippen LogP contribution is 2.32. The third kappa shape index (κ3) is 4.17. The maximum absolute atomic E-state index is 6.68. The van der Waals surface area contributed by atoms with Crippen LogP contribution in [0.2, 0.25) is 5.15 Å². The van der Waals surface area contributed by atoms with Gasteiger partial charge >= 0.3 is 0 Å². The van der Waals surface area contributed by atoms with Gasteiger partial charge in [0.05, 0.1) is 11.7 Å². The molecule has 3 aromatic rings. The van der Waals surface area contributed by atoms with E-state index in [1.807, 2.05) is 25.2 Å². The van der Waals surface area contributed by atoms with Crippen molar-refractivity contribution in [2.75, 3.05) is 44.7 Å². The number of nitrogens with zero attached hydrogens (tertiary/aromatic N) is 4. The van der Waals surface area contributed by atoms with Gasteiger partial charge in [-0.05, 0) is 19.2 Å². The fraction of sp³-hybridized carbons (Fsp3) is 0.348. The average Bonchev–Trinajstić information content (AvgIpc) is 3.07. The molecule has 5 nitrogen and oxygen atoms in total. The van der Waals surface area contributed by atoms with Gasteiger partial charge < -0.3 is 14.8 Å². The van der Waals surface area contributed by atoms with Crippen molar-refractivity contribution in [1.29, 1.82) is 0 Å². The van der Waals surface area contributed by atoms with Gasteiger partial charge in [0.2, 0.25) is 0 Å². The number of imidazole rings is 1. The lowest BCUT2D eigenvalue weighted by molar-refractivity contribution is 0.178. The number of nitrogens with one attached hydrogen (secondary N) is 1. The van der Waals surface area contributed by atoms with Crippen LogP contribution in [0.5, 0.6) is 0 Å². The van der Waals surface area contributed by atoms with Gasteiger partial charge in [0.25, 0.3) is 0 Å². The predicted molar refractivity (Wildman–Crippen MR) is 121 cm³/mol. The first-order valence-corrected chi connectivity index (χ1v) is 10.5. The molecule has 152 valence electrons. The zero-order valence-corrected chi connectivity index (χ0v) is 17.8. The third-order valence-electron chi connectivity index (χ3n) is 5.72. The zero-order chi connectivity index (χ0) is 20.2. The van der Waals surface area contributed by atoms with E-state index >= 15 is 0 Å². The van der Waals surface area contributed by atoms with Crippen LogP contribution in [0.25, 0.3) is 11.4 Å². The highest BCUT2D eigenvalue weighted by atomic mass is 35.5. The Labute approximate surface area is 177 Å². The van der Waals surface area contributed by atoms with Crippen LogP contribution in [0.15, 0.2) is 60.7 Å². The second-order valence-electron chi connectivity index (χ2n) is 7.47. The minimum atomic E-state index is 0.181. The Morgan fingerprint density at radius 2 is 1.59 bits per heavy atom. The van der Waals surface area contributed by atoms with Gasteiger partial charge in [0.1, 0.15) is 5.82 Å². The first kappa shape index (κ1) is 20.0. The topological polar surface area (TPSA) is 36.3 Å². The maximum atomic E-state index is 6.68. The molecule has 1 fully saturated rings. The molecule has 0 spiro atoms. The first-order valence-electron chi connectivity index (χ1n) is 10.1. The number of likely N-dealkylation sites (N-methyl/N-ethyl adjacent to an activating group) is 1. The Kier molecular flexibility index (Phi) is 6.19. The van der Waals surface area contributed by atoms with Crippen molar-refractivity contribution < 1.29 is 0 Å². The van der Waals surface area contributed by atoms with Crippen LogP contribution in [0.4, 0.5) is 5.69 Å². The molecule has 4 rings (SSSR count). The van der Waals surface area contributed by atoms with E-state index in [2.05, 4.69) is 69.2 Å². The van der Waals surface area contributed by atoms with E-state index in [-0.39, 0.29) is 6.04 Å². The van der Waals surface area contributed by atoms with Crippen molar-refractivity contribution in [1.82, 2.24) is 19.8 Å².